The summed E-state index contributed by atoms with van der Waals surface area (Å²) in [5.74, 6) is 0.162. The number of benzene rings is 1. The Kier molecular flexibility index (Phi) is 6.39. The lowest BCUT2D eigenvalue weighted by molar-refractivity contribution is -0.123. The van der Waals surface area contributed by atoms with Gasteiger partial charge in [0.1, 0.15) is 5.82 Å². The molecular formula is C19H28FN3O2. The lowest BCUT2D eigenvalue weighted by Gasteiger charge is -2.32. The third-order valence-electron chi connectivity index (χ3n) is 4.28. The van der Waals surface area contributed by atoms with E-state index in [1.807, 2.05) is 20.8 Å². The molecule has 3 amide bonds. The number of piperidine rings is 1. The van der Waals surface area contributed by atoms with Gasteiger partial charge in [-0.2, -0.15) is 0 Å². The third kappa shape index (κ3) is 6.72. The SMILES string of the molecule is CC(C)(C)CC(=O)NCC1CCN(C(=O)Nc2ccc(F)cc2)CC1. The number of carbonyl (C=O) groups is 2. The van der Waals surface area contributed by atoms with Gasteiger partial charge in [0.25, 0.3) is 0 Å². The van der Waals surface area contributed by atoms with Crippen LogP contribution in [0.4, 0.5) is 14.9 Å². The minimum absolute atomic E-state index is 0.00805. The first-order valence-electron chi connectivity index (χ1n) is 8.81. The number of halogens is 1. The van der Waals surface area contributed by atoms with Crippen LogP contribution in [0.3, 0.4) is 0 Å². The van der Waals surface area contributed by atoms with Crippen LogP contribution in [-0.2, 0) is 4.79 Å². The molecule has 1 aromatic carbocycles. The molecule has 1 fully saturated rings. The van der Waals surface area contributed by atoms with Crippen LogP contribution >= 0.6 is 0 Å². The first kappa shape index (κ1) is 19.2. The van der Waals surface area contributed by atoms with Crippen molar-refractivity contribution in [1.82, 2.24) is 10.2 Å². The van der Waals surface area contributed by atoms with Crippen molar-refractivity contribution in [2.45, 2.75) is 40.0 Å². The molecule has 0 aromatic heterocycles. The third-order valence-corrected chi connectivity index (χ3v) is 4.28. The van der Waals surface area contributed by atoms with Gasteiger partial charge >= 0.3 is 6.03 Å². The second kappa shape index (κ2) is 8.32. The van der Waals surface area contributed by atoms with Crippen LogP contribution in [0, 0.1) is 17.2 Å². The Bertz CT molecular complexity index is 588. The zero-order chi connectivity index (χ0) is 18.4. The van der Waals surface area contributed by atoms with Crippen LogP contribution in [0.25, 0.3) is 0 Å². The summed E-state index contributed by atoms with van der Waals surface area (Å²) in [6, 6.07) is 5.57. The summed E-state index contributed by atoms with van der Waals surface area (Å²) in [6.07, 6.45) is 2.26. The van der Waals surface area contributed by atoms with Gasteiger partial charge < -0.3 is 15.5 Å². The maximum atomic E-state index is 12.9. The molecule has 2 rings (SSSR count). The summed E-state index contributed by atoms with van der Waals surface area (Å²) < 4.78 is 12.9. The number of amides is 3. The Labute approximate surface area is 149 Å². The highest BCUT2D eigenvalue weighted by Crippen LogP contribution is 2.20. The van der Waals surface area contributed by atoms with Gasteiger partial charge in [0.15, 0.2) is 0 Å². The highest BCUT2D eigenvalue weighted by molar-refractivity contribution is 5.89. The zero-order valence-corrected chi connectivity index (χ0v) is 15.3. The molecule has 1 aliphatic heterocycles. The fourth-order valence-corrected chi connectivity index (χ4v) is 2.88. The molecule has 0 radical (unpaired) electrons. The molecule has 0 atom stereocenters. The average molecular weight is 349 g/mol. The Morgan fingerprint density at radius 2 is 1.76 bits per heavy atom. The van der Waals surface area contributed by atoms with E-state index in [-0.39, 0.29) is 23.2 Å². The summed E-state index contributed by atoms with van der Waals surface area (Å²) in [4.78, 5) is 25.9. The molecule has 2 N–H and O–H groups in total. The molecule has 25 heavy (non-hydrogen) atoms. The molecule has 1 aromatic rings. The van der Waals surface area contributed by atoms with Crippen LogP contribution < -0.4 is 10.6 Å². The Morgan fingerprint density at radius 3 is 2.32 bits per heavy atom. The van der Waals surface area contributed by atoms with E-state index in [4.69, 9.17) is 0 Å². The van der Waals surface area contributed by atoms with Crippen molar-refractivity contribution in [3.8, 4) is 0 Å². The van der Waals surface area contributed by atoms with Crippen LogP contribution in [-0.4, -0.2) is 36.5 Å². The first-order valence-corrected chi connectivity index (χ1v) is 8.81. The molecule has 0 spiro atoms. The lowest BCUT2D eigenvalue weighted by atomic mass is 9.91. The topological polar surface area (TPSA) is 61.4 Å². The molecule has 5 nitrogen and oxygen atoms in total. The van der Waals surface area contributed by atoms with Crippen molar-refractivity contribution < 1.29 is 14.0 Å². The number of hydrogen-bond acceptors (Lipinski definition) is 2. The fourth-order valence-electron chi connectivity index (χ4n) is 2.88. The average Bonchev–Trinajstić information content (AvgIpc) is 2.54. The van der Waals surface area contributed by atoms with Gasteiger partial charge in [-0.05, 0) is 48.4 Å². The van der Waals surface area contributed by atoms with Crippen molar-refractivity contribution in [3.05, 3.63) is 30.1 Å². The van der Waals surface area contributed by atoms with Gasteiger partial charge in [-0.3, -0.25) is 4.79 Å². The molecule has 0 saturated carbocycles. The van der Waals surface area contributed by atoms with Gasteiger partial charge in [0.05, 0.1) is 0 Å². The van der Waals surface area contributed by atoms with Gasteiger partial charge in [-0.25, -0.2) is 9.18 Å². The molecule has 1 heterocycles. The molecule has 6 heteroatoms. The monoisotopic (exact) mass is 349 g/mol. The van der Waals surface area contributed by atoms with Gasteiger partial charge in [0, 0.05) is 31.7 Å². The van der Waals surface area contributed by atoms with E-state index in [2.05, 4.69) is 10.6 Å². The van der Waals surface area contributed by atoms with E-state index in [0.717, 1.165) is 12.8 Å². The second-order valence-corrected chi connectivity index (χ2v) is 7.91. The molecule has 0 unspecified atom stereocenters. The van der Waals surface area contributed by atoms with Crippen molar-refractivity contribution >= 4 is 17.6 Å². The van der Waals surface area contributed by atoms with Gasteiger partial charge in [0.2, 0.25) is 5.91 Å². The van der Waals surface area contributed by atoms with E-state index in [9.17, 15) is 14.0 Å². The van der Waals surface area contributed by atoms with E-state index < -0.39 is 0 Å². The molecule has 1 aliphatic rings. The van der Waals surface area contributed by atoms with E-state index in [0.29, 0.717) is 37.7 Å². The maximum absolute atomic E-state index is 12.9. The number of anilines is 1. The van der Waals surface area contributed by atoms with Crippen molar-refractivity contribution in [2.75, 3.05) is 25.0 Å². The largest absolute Gasteiger partial charge is 0.356 e. The summed E-state index contributed by atoms with van der Waals surface area (Å²) in [7, 11) is 0. The maximum Gasteiger partial charge on any atom is 0.321 e. The minimum Gasteiger partial charge on any atom is -0.356 e. The van der Waals surface area contributed by atoms with Crippen molar-refractivity contribution in [2.24, 2.45) is 11.3 Å². The second-order valence-electron chi connectivity index (χ2n) is 7.91. The van der Waals surface area contributed by atoms with Crippen molar-refractivity contribution in [1.29, 1.82) is 0 Å². The Balaban J connectivity index is 1.71. The van der Waals surface area contributed by atoms with Crippen LogP contribution in [0.15, 0.2) is 24.3 Å². The minimum atomic E-state index is -0.327. The predicted molar refractivity (Wildman–Crippen MR) is 96.8 cm³/mol. The molecular weight excluding hydrogens is 321 g/mol. The number of carbonyl (C=O) groups excluding carboxylic acids is 2. The molecule has 0 bridgehead atoms. The summed E-state index contributed by atoms with van der Waals surface area (Å²) in [5, 5.41) is 5.78. The normalized spacial score (nSPS) is 15.8. The number of urea groups is 1. The number of nitrogens with one attached hydrogen (secondary N) is 2. The standard InChI is InChI=1S/C19H28FN3O2/c1-19(2,3)12-17(24)21-13-14-8-10-23(11-9-14)18(25)22-16-6-4-15(20)5-7-16/h4-7,14H,8-13H2,1-3H3,(H,21,24)(H,22,25). The number of hydrogen-bond donors (Lipinski definition) is 2. The number of rotatable bonds is 4. The quantitative estimate of drug-likeness (QED) is 0.872. The molecule has 138 valence electrons. The van der Waals surface area contributed by atoms with Crippen molar-refractivity contribution in [3.63, 3.8) is 0 Å². The van der Waals surface area contributed by atoms with Gasteiger partial charge in [-0.15, -0.1) is 0 Å². The van der Waals surface area contributed by atoms with E-state index in [1.54, 1.807) is 17.0 Å². The summed E-state index contributed by atoms with van der Waals surface area (Å²) >= 11 is 0. The number of likely N-dealkylation sites (tertiary alicyclic amines) is 1. The van der Waals surface area contributed by atoms with E-state index in [1.165, 1.54) is 12.1 Å². The fraction of sp³-hybridized carbons (Fsp3) is 0.579. The highest BCUT2D eigenvalue weighted by atomic mass is 19.1. The van der Waals surface area contributed by atoms with Crippen LogP contribution in [0.1, 0.15) is 40.0 Å². The number of nitrogens with zero attached hydrogens (tertiary/aromatic N) is 1. The smallest absolute Gasteiger partial charge is 0.321 e. The molecule has 0 aliphatic carbocycles. The summed E-state index contributed by atoms with van der Waals surface area (Å²) in [5.41, 5.74) is 0.578. The van der Waals surface area contributed by atoms with Crippen LogP contribution in [0.5, 0.6) is 0 Å². The Hall–Kier alpha value is -2.11. The van der Waals surface area contributed by atoms with E-state index >= 15 is 0 Å². The molecule has 1 saturated heterocycles. The van der Waals surface area contributed by atoms with Gasteiger partial charge in [-0.1, -0.05) is 20.8 Å². The first-order chi connectivity index (χ1) is 11.7. The zero-order valence-electron chi connectivity index (χ0n) is 15.3. The highest BCUT2D eigenvalue weighted by Gasteiger charge is 2.24. The lowest BCUT2D eigenvalue weighted by Crippen LogP contribution is -2.43. The Morgan fingerprint density at radius 1 is 1.16 bits per heavy atom. The van der Waals surface area contributed by atoms with Crippen LogP contribution in [0.2, 0.25) is 0 Å². The summed E-state index contributed by atoms with van der Waals surface area (Å²) in [6.45, 7) is 8.13. The predicted octanol–water partition coefficient (Wildman–Crippen LogP) is 3.62.